The fourth-order valence-electron chi connectivity index (χ4n) is 1.29. The monoisotopic (exact) mass is 251 g/mol. The molecule has 2 rings (SSSR count). The number of nitrogens with zero attached hydrogens (tertiary/aromatic N) is 1. The van der Waals surface area contributed by atoms with E-state index in [2.05, 4.69) is 15.3 Å². The first-order valence-electron chi connectivity index (χ1n) is 4.75. The van der Waals surface area contributed by atoms with Gasteiger partial charge in [0.15, 0.2) is 11.4 Å². The van der Waals surface area contributed by atoms with Gasteiger partial charge in [-0.05, 0) is 11.4 Å². The summed E-state index contributed by atoms with van der Waals surface area (Å²) in [7, 11) is 0. The molecule has 0 spiro atoms. The van der Waals surface area contributed by atoms with Crippen molar-refractivity contribution in [3.63, 3.8) is 0 Å². The van der Waals surface area contributed by atoms with Crippen molar-refractivity contribution >= 4 is 23.2 Å². The Morgan fingerprint density at radius 2 is 2.35 bits per heavy atom. The van der Waals surface area contributed by atoms with Crippen molar-refractivity contribution in [1.29, 1.82) is 0 Å². The number of H-pyrrole nitrogens is 1. The Morgan fingerprint density at radius 3 is 3.00 bits per heavy atom. The lowest BCUT2D eigenvalue weighted by Crippen LogP contribution is -2.24. The van der Waals surface area contributed by atoms with E-state index >= 15 is 0 Å². The van der Waals surface area contributed by atoms with Gasteiger partial charge in [-0.25, -0.2) is 9.78 Å². The van der Waals surface area contributed by atoms with Gasteiger partial charge in [0.1, 0.15) is 0 Å². The number of aromatic amines is 1. The van der Waals surface area contributed by atoms with E-state index in [4.69, 9.17) is 5.11 Å². The summed E-state index contributed by atoms with van der Waals surface area (Å²) in [6, 6.07) is 3.76. The molecule has 2 heterocycles. The molecule has 88 valence electrons. The van der Waals surface area contributed by atoms with E-state index in [1.807, 2.05) is 17.5 Å². The number of hydrogen-bond acceptors (Lipinski definition) is 4. The molecule has 1 amide bonds. The third-order valence-electron chi connectivity index (χ3n) is 2.07. The van der Waals surface area contributed by atoms with Crippen LogP contribution in [0.4, 0.5) is 0 Å². The molecule has 0 unspecified atom stereocenters. The number of carboxylic acid groups (broad SMARTS) is 1. The SMILES string of the molecule is O=C(NCc1cccs1)c1nc[nH]c1C(=O)O. The third kappa shape index (κ3) is 2.51. The first-order chi connectivity index (χ1) is 8.18. The predicted molar refractivity (Wildman–Crippen MR) is 61.0 cm³/mol. The van der Waals surface area contributed by atoms with E-state index in [0.29, 0.717) is 6.54 Å². The number of aromatic nitrogens is 2. The summed E-state index contributed by atoms with van der Waals surface area (Å²) in [5.41, 5.74) is -0.303. The van der Waals surface area contributed by atoms with Gasteiger partial charge in [0.25, 0.3) is 5.91 Å². The van der Waals surface area contributed by atoms with Gasteiger partial charge in [0.05, 0.1) is 12.9 Å². The molecule has 0 fully saturated rings. The summed E-state index contributed by atoms with van der Waals surface area (Å²) in [6.45, 7) is 0.364. The van der Waals surface area contributed by atoms with Crippen molar-refractivity contribution in [2.75, 3.05) is 0 Å². The van der Waals surface area contributed by atoms with Crippen molar-refractivity contribution in [3.05, 3.63) is 40.1 Å². The van der Waals surface area contributed by atoms with E-state index in [9.17, 15) is 9.59 Å². The van der Waals surface area contributed by atoms with E-state index in [1.165, 1.54) is 17.7 Å². The minimum Gasteiger partial charge on any atom is -0.477 e. The molecule has 2 aromatic rings. The highest BCUT2D eigenvalue weighted by molar-refractivity contribution is 7.09. The second-order valence-electron chi connectivity index (χ2n) is 3.19. The van der Waals surface area contributed by atoms with Crippen molar-refractivity contribution in [1.82, 2.24) is 15.3 Å². The van der Waals surface area contributed by atoms with E-state index in [1.54, 1.807) is 0 Å². The molecular weight excluding hydrogens is 242 g/mol. The number of carbonyl (C=O) groups is 2. The van der Waals surface area contributed by atoms with Crippen molar-refractivity contribution in [3.8, 4) is 0 Å². The maximum atomic E-state index is 11.7. The van der Waals surface area contributed by atoms with Crippen molar-refractivity contribution in [2.45, 2.75) is 6.54 Å². The number of amides is 1. The van der Waals surface area contributed by atoms with Crippen LogP contribution >= 0.6 is 11.3 Å². The largest absolute Gasteiger partial charge is 0.477 e. The molecule has 0 aliphatic rings. The van der Waals surface area contributed by atoms with Gasteiger partial charge in [0, 0.05) is 4.88 Å². The smallest absolute Gasteiger partial charge is 0.354 e. The van der Waals surface area contributed by atoms with Gasteiger partial charge >= 0.3 is 5.97 Å². The summed E-state index contributed by atoms with van der Waals surface area (Å²) in [5, 5.41) is 13.3. The highest BCUT2D eigenvalue weighted by atomic mass is 32.1. The first-order valence-corrected chi connectivity index (χ1v) is 5.63. The normalized spacial score (nSPS) is 10.1. The molecule has 3 N–H and O–H groups in total. The molecule has 0 saturated carbocycles. The molecule has 0 atom stereocenters. The highest BCUT2D eigenvalue weighted by Crippen LogP contribution is 2.08. The van der Waals surface area contributed by atoms with Crippen LogP contribution in [0.1, 0.15) is 25.9 Å². The summed E-state index contributed by atoms with van der Waals surface area (Å²) >= 11 is 1.51. The highest BCUT2D eigenvalue weighted by Gasteiger charge is 2.19. The van der Waals surface area contributed by atoms with Gasteiger partial charge in [-0.15, -0.1) is 11.3 Å². The average molecular weight is 251 g/mol. The average Bonchev–Trinajstić information content (AvgIpc) is 2.96. The van der Waals surface area contributed by atoms with Crippen LogP contribution in [0.25, 0.3) is 0 Å². The van der Waals surface area contributed by atoms with Crippen LogP contribution < -0.4 is 5.32 Å². The second kappa shape index (κ2) is 4.79. The lowest BCUT2D eigenvalue weighted by Gasteiger charge is -2.01. The minimum absolute atomic E-state index is 0.103. The second-order valence-corrected chi connectivity index (χ2v) is 4.23. The Morgan fingerprint density at radius 1 is 1.53 bits per heavy atom. The Kier molecular flexibility index (Phi) is 3.20. The Hall–Kier alpha value is -2.15. The Labute approximate surface area is 100 Å². The summed E-state index contributed by atoms with van der Waals surface area (Å²) in [5.74, 6) is -1.71. The lowest BCUT2D eigenvalue weighted by atomic mass is 10.3. The fraction of sp³-hybridized carbons (Fsp3) is 0.100. The number of thiophene rings is 1. The van der Waals surface area contributed by atoms with Crippen LogP contribution in [0.3, 0.4) is 0 Å². The zero-order valence-corrected chi connectivity index (χ0v) is 9.45. The first kappa shape index (κ1) is 11.3. The van der Waals surface area contributed by atoms with Gasteiger partial charge in [-0.3, -0.25) is 4.79 Å². The lowest BCUT2D eigenvalue weighted by molar-refractivity contribution is 0.0685. The van der Waals surface area contributed by atoms with Gasteiger partial charge in [-0.1, -0.05) is 6.07 Å². The number of carboxylic acids is 1. The number of carbonyl (C=O) groups excluding carboxylic acids is 1. The van der Waals surface area contributed by atoms with Gasteiger partial charge in [-0.2, -0.15) is 0 Å². The fourth-order valence-corrected chi connectivity index (χ4v) is 1.94. The number of imidazole rings is 1. The molecule has 0 saturated heterocycles. The van der Waals surface area contributed by atoms with Gasteiger partial charge < -0.3 is 15.4 Å². The summed E-state index contributed by atoms with van der Waals surface area (Å²) < 4.78 is 0. The predicted octanol–water partition coefficient (Wildman–Crippen LogP) is 1.10. The quantitative estimate of drug-likeness (QED) is 0.758. The zero-order chi connectivity index (χ0) is 12.3. The van der Waals surface area contributed by atoms with Crippen LogP contribution in [0, 0.1) is 0 Å². The Bertz CT molecular complexity index is 533. The maximum Gasteiger partial charge on any atom is 0.354 e. The van der Waals surface area contributed by atoms with E-state index in [0.717, 1.165) is 4.88 Å². The number of aromatic carboxylic acids is 1. The molecular formula is C10H9N3O3S. The maximum absolute atomic E-state index is 11.7. The van der Waals surface area contributed by atoms with E-state index < -0.39 is 11.9 Å². The molecule has 6 nitrogen and oxygen atoms in total. The molecule has 0 aromatic carbocycles. The zero-order valence-electron chi connectivity index (χ0n) is 8.64. The topological polar surface area (TPSA) is 95.1 Å². The molecule has 0 aliphatic carbocycles. The molecule has 2 aromatic heterocycles. The molecule has 0 radical (unpaired) electrons. The van der Waals surface area contributed by atoms with Crippen LogP contribution in [0.5, 0.6) is 0 Å². The molecule has 0 aliphatic heterocycles. The Balaban J connectivity index is 2.04. The summed E-state index contributed by atoms with van der Waals surface area (Å²) in [6.07, 6.45) is 1.18. The van der Waals surface area contributed by atoms with E-state index in [-0.39, 0.29) is 11.4 Å². The van der Waals surface area contributed by atoms with Crippen LogP contribution in [-0.2, 0) is 6.54 Å². The van der Waals surface area contributed by atoms with Crippen LogP contribution in [0.2, 0.25) is 0 Å². The van der Waals surface area contributed by atoms with Crippen molar-refractivity contribution < 1.29 is 14.7 Å². The van der Waals surface area contributed by atoms with Gasteiger partial charge in [0.2, 0.25) is 0 Å². The molecule has 0 bridgehead atoms. The standard InChI is InChI=1S/C10H9N3O3S/c14-9(11-4-6-2-1-3-17-6)7-8(10(15)16)13-5-12-7/h1-3,5H,4H2,(H,11,14)(H,12,13)(H,15,16). The summed E-state index contributed by atoms with van der Waals surface area (Å²) in [4.78, 5) is 29.5. The minimum atomic E-state index is -1.20. The molecule has 7 heteroatoms. The molecule has 17 heavy (non-hydrogen) atoms. The number of hydrogen-bond donors (Lipinski definition) is 3. The third-order valence-corrected chi connectivity index (χ3v) is 2.95. The van der Waals surface area contributed by atoms with Crippen LogP contribution in [0.15, 0.2) is 23.8 Å². The number of rotatable bonds is 4. The van der Waals surface area contributed by atoms with Crippen LogP contribution in [-0.4, -0.2) is 27.0 Å². The number of nitrogens with one attached hydrogen (secondary N) is 2. The van der Waals surface area contributed by atoms with Crippen molar-refractivity contribution in [2.24, 2.45) is 0 Å².